The first-order chi connectivity index (χ1) is 17.2. The minimum Gasteiger partial charge on any atom is -0.493 e. The second-order valence-corrected chi connectivity index (χ2v) is 9.46. The largest absolute Gasteiger partial charge is 0.493 e. The Bertz CT molecular complexity index is 1440. The molecule has 0 N–H and O–H groups in total. The van der Waals surface area contributed by atoms with Gasteiger partial charge in [0.1, 0.15) is 0 Å². The topological polar surface area (TPSA) is 52.8 Å². The van der Waals surface area contributed by atoms with Gasteiger partial charge < -0.3 is 9.47 Å². The van der Waals surface area contributed by atoms with E-state index in [0.29, 0.717) is 40.2 Å². The fourth-order valence-electron chi connectivity index (χ4n) is 3.60. The lowest BCUT2D eigenvalue weighted by molar-refractivity contribution is -0.137. The van der Waals surface area contributed by atoms with Crippen molar-refractivity contribution < 1.29 is 22.6 Å². The summed E-state index contributed by atoms with van der Waals surface area (Å²) in [5, 5.41) is 1.73. The van der Waals surface area contributed by atoms with Gasteiger partial charge in [-0.25, -0.2) is 4.98 Å². The summed E-state index contributed by atoms with van der Waals surface area (Å²) in [5.74, 6) is 1.73. The molecule has 0 spiro atoms. The van der Waals surface area contributed by atoms with Crippen LogP contribution in [-0.2, 0) is 6.18 Å². The molecule has 2 heterocycles. The van der Waals surface area contributed by atoms with E-state index in [1.54, 1.807) is 30.8 Å². The van der Waals surface area contributed by atoms with Gasteiger partial charge >= 0.3 is 6.18 Å². The van der Waals surface area contributed by atoms with E-state index in [1.165, 1.54) is 27.9 Å². The highest BCUT2D eigenvalue weighted by Crippen LogP contribution is 2.32. The normalized spacial score (nSPS) is 12.1. The van der Waals surface area contributed by atoms with E-state index in [2.05, 4.69) is 18.8 Å². The molecule has 188 valence electrons. The molecule has 9 heteroatoms. The minimum atomic E-state index is -4.46. The third kappa shape index (κ3) is 5.62. The van der Waals surface area contributed by atoms with Crippen molar-refractivity contribution in [3.8, 4) is 22.6 Å². The van der Waals surface area contributed by atoms with Gasteiger partial charge in [-0.15, -0.1) is 11.3 Å². The van der Waals surface area contributed by atoms with E-state index in [4.69, 9.17) is 9.47 Å². The van der Waals surface area contributed by atoms with E-state index in [-0.39, 0.29) is 11.1 Å². The van der Waals surface area contributed by atoms with Gasteiger partial charge in [-0.1, -0.05) is 38.1 Å². The van der Waals surface area contributed by atoms with Gasteiger partial charge in [0, 0.05) is 11.6 Å². The van der Waals surface area contributed by atoms with Crippen LogP contribution in [0.3, 0.4) is 0 Å². The zero-order chi connectivity index (χ0) is 25.9. The number of aromatic nitrogens is 2. The van der Waals surface area contributed by atoms with Gasteiger partial charge in [0.05, 0.1) is 30.5 Å². The number of alkyl halides is 3. The number of halogens is 3. The Balaban J connectivity index is 1.71. The van der Waals surface area contributed by atoms with Crippen LogP contribution < -0.4 is 15.0 Å². The van der Waals surface area contributed by atoms with Crippen LogP contribution in [0.15, 0.2) is 58.8 Å². The standard InChI is InChI=1S/C27H25F3N2O3S/c1-17(2)12-14-35-22-11-5-18(16-23(22)34-3)4-10-21-24(25(33)32-13-15-36-26(32)31-21)19-6-8-20(9-7-19)27(28,29)30/h4-11,13,15-17H,12,14H2,1-3H3. The highest BCUT2D eigenvalue weighted by molar-refractivity contribution is 7.15. The molecule has 4 rings (SSSR count). The summed E-state index contributed by atoms with van der Waals surface area (Å²) in [7, 11) is 1.56. The van der Waals surface area contributed by atoms with Crippen molar-refractivity contribution in [2.75, 3.05) is 13.7 Å². The second-order valence-electron chi connectivity index (χ2n) is 8.58. The number of thiazole rings is 1. The highest BCUT2D eigenvalue weighted by Gasteiger charge is 2.30. The molecular weight excluding hydrogens is 489 g/mol. The maximum Gasteiger partial charge on any atom is 0.416 e. The molecule has 5 nitrogen and oxygen atoms in total. The molecule has 0 bridgehead atoms. The van der Waals surface area contributed by atoms with Crippen LogP contribution in [0.1, 0.15) is 37.1 Å². The van der Waals surface area contributed by atoms with Crippen LogP contribution in [0, 0.1) is 5.92 Å². The third-order valence-corrected chi connectivity index (χ3v) is 6.33. The monoisotopic (exact) mass is 514 g/mol. The maximum atomic E-state index is 13.2. The average Bonchev–Trinajstić information content (AvgIpc) is 3.32. The Labute approximate surface area is 210 Å². The number of fused-ring (bicyclic) bond motifs is 1. The van der Waals surface area contributed by atoms with E-state index in [0.717, 1.165) is 24.1 Å². The van der Waals surface area contributed by atoms with Crippen molar-refractivity contribution in [3.63, 3.8) is 0 Å². The molecular formula is C27H25F3N2O3S. The number of methoxy groups -OCH3 is 1. The molecule has 2 aromatic carbocycles. The Morgan fingerprint density at radius 1 is 1.08 bits per heavy atom. The molecule has 0 aliphatic rings. The first kappa shape index (κ1) is 25.5. The molecule has 0 fully saturated rings. The SMILES string of the molecule is COc1cc(C=Cc2nc3sccn3c(=O)c2-c2ccc(C(F)(F)F)cc2)ccc1OCCC(C)C. The second kappa shape index (κ2) is 10.6. The minimum absolute atomic E-state index is 0.219. The number of benzene rings is 2. The summed E-state index contributed by atoms with van der Waals surface area (Å²) in [6.07, 6.45) is 1.51. The molecule has 36 heavy (non-hydrogen) atoms. The molecule has 4 aromatic rings. The number of hydrogen-bond acceptors (Lipinski definition) is 5. The van der Waals surface area contributed by atoms with Crippen molar-refractivity contribution >= 4 is 28.4 Å². The van der Waals surface area contributed by atoms with Gasteiger partial charge in [-0.2, -0.15) is 13.2 Å². The lowest BCUT2D eigenvalue weighted by atomic mass is 10.0. The van der Waals surface area contributed by atoms with Crippen LogP contribution in [-0.4, -0.2) is 23.1 Å². The van der Waals surface area contributed by atoms with E-state index >= 15 is 0 Å². The molecule has 2 aromatic heterocycles. The summed E-state index contributed by atoms with van der Waals surface area (Å²) < 4.78 is 51.8. The van der Waals surface area contributed by atoms with Gasteiger partial charge in [0.15, 0.2) is 16.5 Å². The molecule has 0 atom stereocenters. The third-order valence-electron chi connectivity index (χ3n) is 5.57. The van der Waals surface area contributed by atoms with Gasteiger partial charge in [-0.3, -0.25) is 9.20 Å². The first-order valence-electron chi connectivity index (χ1n) is 11.3. The Morgan fingerprint density at radius 2 is 1.83 bits per heavy atom. The predicted molar refractivity (Wildman–Crippen MR) is 137 cm³/mol. The molecule has 0 saturated heterocycles. The molecule has 0 saturated carbocycles. The van der Waals surface area contributed by atoms with Crippen molar-refractivity contribution in [2.24, 2.45) is 5.92 Å². The number of nitrogens with zero attached hydrogens (tertiary/aromatic N) is 2. The molecule has 0 amide bonds. The number of hydrogen-bond donors (Lipinski definition) is 0. The van der Waals surface area contributed by atoms with Crippen molar-refractivity contribution in [1.29, 1.82) is 0 Å². The van der Waals surface area contributed by atoms with Crippen LogP contribution in [0.5, 0.6) is 11.5 Å². The molecule has 0 aliphatic heterocycles. The quantitative estimate of drug-likeness (QED) is 0.253. The van der Waals surface area contributed by atoms with E-state index < -0.39 is 11.7 Å². The summed E-state index contributed by atoms with van der Waals surface area (Å²) >= 11 is 1.30. The summed E-state index contributed by atoms with van der Waals surface area (Å²) in [4.78, 5) is 18.3. The lowest BCUT2D eigenvalue weighted by Gasteiger charge is -2.12. The van der Waals surface area contributed by atoms with Crippen LogP contribution in [0.4, 0.5) is 13.2 Å². The van der Waals surface area contributed by atoms with Crippen molar-refractivity contribution in [3.05, 3.63) is 81.2 Å². The van der Waals surface area contributed by atoms with E-state index in [1.807, 2.05) is 18.2 Å². The summed E-state index contributed by atoms with van der Waals surface area (Å²) in [5.41, 5.74) is 0.583. The zero-order valence-electron chi connectivity index (χ0n) is 20.0. The van der Waals surface area contributed by atoms with Crippen molar-refractivity contribution in [1.82, 2.24) is 9.38 Å². The maximum absolute atomic E-state index is 13.2. The smallest absolute Gasteiger partial charge is 0.416 e. The Morgan fingerprint density at radius 3 is 2.50 bits per heavy atom. The molecule has 0 aliphatic carbocycles. The van der Waals surface area contributed by atoms with Gasteiger partial charge in [0.25, 0.3) is 5.56 Å². The highest BCUT2D eigenvalue weighted by atomic mass is 32.1. The number of rotatable bonds is 8. The fraction of sp³-hybridized carbons (Fsp3) is 0.259. The first-order valence-corrected chi connectivity index (χ1v) is 12.2. The van der Waals surface area contributed by atoms with E-state index in [9.17, 15) is 18.0 Å². The summed E-state index contributed by atoms with van der Waals surface area (Å²) in [6.45, 7) is 4.83. The summed E-state index contributed by atoms with van der Waals surface area (Å²) in [6, 6.07) is 10.0. The van der Waals surface area contributed by atoms with Gasteiger partial charge in [-0.05, 0) is 53.8 Å². The van der Waals surface area contributed by atoms with Crippen molar-refractivity contribution in [2.45, 2.75) is 26.4 Å². The Hall–Kier alpha value is -3.59. The molecule has 0 radical (unpaired) electrons. The van der Waals surface area contributed by atoms with Crippen LogP contribution >= 0.6 is 11.3 Å². The fourth-order valence-corrected chi connectivity index (χ4v) is 4.31. The van der Waals surface area contributed by atoms with Crippen LogP contribution in [0.2, 0.25) is 0 Å². The molecule has 0 unspecified atom stereocenters. The average molecular weight is 515 g/mol. The predicted octanol–water partition coefficient (Wildman–Crippen LogP) is 7.05. The lowest BCUT2D eigenvalue weighted by Crippen LogP contribution is -2.17. The van der Waals surface area contributed by atoms with Gasteiger partial charge in [0.2, 0.25) is 0 Å². The zero-order valence-corrected chi connectivity index (χ0v) is 20.8. The Kier molecular flexibility index (Phi) is 7.49. The van der Waals surface area contributed by atoms with Crippen LogP contribution in [0.25, 0.3) is 28.2 Å². The number of ether oxygens (including phenoxy) is 2.